The fraction of sp³-hybridized carbons (Fsp3) is 0.333. The lowest BCUT2D eigenvalue weighted by atomic mass is 10.2. The van der Waals surface area contributed by atoms with Gasteiger partial charge in [0.05, 0.1) is 11.9 Å². The fourth-order valence-corrected chi connectivity index (χ4v) is 2.08. The highest BCUT2D eigenvalue weighted by Crippen LogP contribution is 2.19. The van der Waals surface area contributed by atoms with E-state index in [-0.39, 0.29) is 0 Å². The second-order valence-corrected chi connectivity index (χ2v) is 5.00. The molecule has 0 atom stereocenters. The molecule has 0 aliphatic carbocycles. The lowest BCUT2D eigenvalue weighted by Gasteiger charge is -2.19. The fourth-order valence-electron chi connectivity index (χ4n) is 1.88. The quantitative estimate of drug-likeness (QED) is 0.888. The van der Waals surface area contributed by atoms with Gasteiger partial charge in [-0.05, 0) is 18.2 Å². The van der Waals surface area contributed by atoms with E-state index in [1.807, 2.05) is 36.2 Å². The van der Waals surface area contributed by atoms with E-state index in [0.29, 0.717) is 6.54 Å². The number of nitrogens with zero attached hydrogens (tertiary/aromatic N) is 3. The van der Waals surface area contributed by atoms with E-state index < -0.39 is 0 Å². The van der Waals surface area contributed by atoms with E-state index in [1.165, 1.54) is 0 Å². The molecule has 0 saturated heterocycles. The maximum atomic E-state index is 6.18. The van der Waals surface area contributed by atoms with Gasteiger partial charge >= 0.3 is 0 Å². The third-order valence-electron chi connectivity index (χ3n) is 2.98. The van der Waals surface area contributed by atoms with Crippen LogP contribution in [0.4, 0.5) is 5.82 Å². The highest BCUT2D eigenvalue weighted by Gasteiger charge is 2.07. The van der Waals surface area contributed by atoms with Crippen LogP contribution in [0.1, 0.15) is 18.2 Å². The number of hydrogen-bond acceptors (Lipinski definition) is 4. The molecule has 1 N–H and O–H groups in total. The Morgan fingerprint density at radius 1 is 1.25 bits per heavy atom. The van der Waals surface area contributed by atoms with Gasteiger partial charge in [-0.1, -0.05) is 36.7 Å². The molecule has 0 bridgehead atoms. The summed E-state index contributed by atoms with van der Waals surface area (Å²) < 4.78 is 0. The molecule has 0 aliphatic heterocycles. The van der Waals surface area contributed by atoms with Gasteiger partial charge in [0.15, 0.2) is 0 Å². The molecule has 0 amide bonds. The van der Waals surface area contributed by atoms with Gasteiger partial charge in [-0.15, -0.1) is 0 Å². The standard InChI is InChI=1S/C15H19ClN4/c1-3-17-8-13-9-18-10-15(19-13)20(2)11-12-6-4-5-7-14(12)16/h4-7,9-10,17H,3,8,11H2,1-2H3. The van der Waals surface area contributed by atoms with Gasteiger partial charge in [0.25, 0.3) is 0 Å². The number of nitrogens with one attached hydrogen (secondary N) is 1. The minimum Gasteiger partial charge on any atom is -0.354 e. The molecule has 1 aromatic carbocycles. The average Bonchev–Trinajstić information content (AvgIpc) is 2.48. The molecule has 2 aromatic rings. The molecule has 1 heterocycles. The lowest BCUT2D eigenvalue weighted by molar-refractivity contribution is 0.704. The number of aromatic nitrogens is 2. The summed E-state index contributed by atoms with van der Waals surface area (Å²) in [5.41, 5.74) is 2.02. The van der Waals surface area contributed by atoms with Crippen molar-refractivity contribution in [1.29, 1.82) is 0 Å². The Kier molecular flexibility index (Phi) is 5.32. The number of halogens is 1. The van der Waals surface area contributed by atoms with Gasteiger partial charge in [-0.3, -0.25) is 4.98 Å². The van der Waals surface area contributed by atoms with Crippen molar-refractivity contribution in [3.05, 3.63) is 52.9 Å². The zero-order valence-corrected chi connectivity index (χ0v) is 12.6. The molecule has 4 nitrogen and oxygen atoms in total. The van der Waals surface area contributed by atoms with Crippen LogP contribution < -0.4 is 10.2 Å². The zero-order chi connectivity index (χ0) is 14.4. The Balaban J connectivity index is 2.09. The molecule has 5 heteroatoms. The van der Waals surface area contributed by atoms with E-state index in [4.69, 9.17) is 11.6 Å². The summed E-state index contributed by atoms with van der Waals surface area (Å²) in [6.07, 6.45) is 3.56. The minimum atomic E-state index is 0.707. The second-order valence-electron chi connectivity index (χ2n) is 4.60. The van der Waals surface area contributed by atoms with Crippen LogP contribution in [-0.4, -0.2) is 23.6 Å². The predicted octanol–water partition coefficient (Wildman–Crippen LogP) is 2.88. The van der Waals surface area contributed by atoms with Gasteiger partial charge < -0.3 is 10.2 Å². The molecule has 0 aliphatic rings. The van der Waals surface area contributed by atoms with Crippen molar-refractivity contribution in [2.24, 2.45) is 0 Å². The second kappa shape index (κ2) is 7.22. The molecule has 0 spiro atoms. The van der Waals surface area contributed by atoms with Crippen molar-refractivity contribution in [3.8, 4) is 0 Å². The van der Waals surface area contributed by atoms with Crippen molar-refractivity contribution in [3.63, 3.8) is 0 Å². The molecule has 20 heavy (non-hydrogen) atoms. The Bertz CT molecular complexity index is 559. The summed E-state index contributed by atoms with van der Waals surface area (Å²) in [6.45, 7) is 4.43. The van der Waals surface area contributed by atoms with Gasteiger partial charge in [0, 0.05) is 31.4 Å². The van der Waals surface area contributed by atoms with Crippen LogP contribution in [0.15, 0.2) is 36.7 Å². The van der Waals surface area contributed by atoms with Gasteiger partial charge in [0.2, 0.25) is 0 Å². The molecule has 2 rings (SSSR count). The number of benzene rings is 1. The van der Waals surface area contributed by atoms with Gasteiger partial charge in [-0.25, -0.2) is 4.98 Å². The predicted molar refractivity (Wildman–Crippen MR) is 83.0 cm³/mol. The number of anilines is 1. The van der Waals surface area contributed by atoms with E-state index in [1.54, 1.807) is 12.4 Å². The van der Waals surface area contributed by atoms with Crippen LogP contribution in [0.3, 0.4) is 0 Å². The third kappa shape index (κ3) is 3.92. The maximum Gasteiger partial charge on any atom is 0.147 e. The summed E-state index contributed by atoms with van der Waals surface area (Å²) in [6, 6.07) is 7.84. The minimum absolute atomic E-state index is 0.707. The molecule has 1 aromatic heterocycles. The first-order valence-electron chi connectivity index (χ1n) is 6.67. The number of hydrogen-bond donors (Lipinski definition) is 1. The average molecular weight is 291 g/mol. The maximum absolute atomic E-state index is 6.18. The molecule has 0 fully saturated rings. The van der Waals surface area contributed by atoms with E-state index in [9.17, 15) is 0 Å². The molecule has 106 valence electrons. The van der Waals surface area contributed by atoms with Crippen LogP contribution in [-0.2, 0) is 13.1 Å². The third-order valence-corrected chi connectivity index (χ3v) is 3.35. The molecule has 0 unspecified atom stereocenters. The Labute approximate surface area is 124 Å². The monoisotopic (exact) mass is 290 g/mol. The first-order chi connectivity index (χ1) is 9.70. The summed E-state index contributed by atoms with van der Waals surface area (Å²) >= 11 is 6.18. The Hall–Kier alpha value is -1.65. The number of rotatable bonds is 6. The summed E-state index contributed by atoms with van der Waals surface area (Å²) in [5.74, 6) is 0.848. The van der Waals surface area contributed by atoms with Crippen molar-refractivity contribution in [1.82, 2.24) is 15.3 Å². The zero-order valence-electron chi connectivity index (χ0n) is 11.8. The summed E-state index contributed by atoms with van der Waals surface area (Å²) in [4.78, 5) is 10.9. The Morgan fingerprint density at radius 2 is 2.05 bits per heavy atom. The van der Waals surface area contributed by atoms with Crippen LogP contribution >= 0.6 is 11.6 Å². The van der Waals surface area contributed by atoms with Gasteiger partial charge in [0.1, 0.15) is 5.82 Å². The van der Waals surface area contributed by atoms with Crippen LogP contribution in [0, 0.1) is 0 Å². The van der Waals surface area contributed by atoms with Crippen molar-refractivity contribution < 1.29 is 0 Å². The largest absolute Gasteiger partial charge is 0.354 e. The van der Waals surface area contributed by atoms with Crippen molar-refractivity contribution in [2.45, 2.75) is 20.0 Å². The molecular formula is C15H19ClN4. The van der Waals surface area contributed by atoms with E-state index >= 15 is 0 Å². The molecular weight excluding hydrogens is 272 g/mol. The van der Waals surface area contributed by atoms with Crippen molar-refractivity contribution >= 4 is 17.4 Å². The highest BCUT2D eigenvalue weighted by molar-refractivity contribution is 6.31. The SMILES string of the molecule is CCNCc1cncc(N(C)Cc2ccccc2Cl)n1. The van der Waals surface area contributed by atoms with E-state index in [2.05, 4.69) is 22.2 Å². The van der Waals surface area contributed by atoms with E-state index in [0.717, 1.165) is 35.2 Å². The first kappa shape index (κ1) is 14.8. The van der Waals surface area contributed by atoms with Crippen LogP contribution in [0.2, 0.25) is 5.02 Å². The Morgan fingerprint density at radius 3 is 2.80 bits per heavy atom. The topological polar surface area (TPSA) is 41.1 Å². The lowest BCUT2D eigenvalue weighted by Crippen LogP contribution is -2.20. The normalized spacial score (nSPS) is 10.6. The van der Waals surface area contributed by atoms with Crippen LogP contribution in [0.25, 0.3) is 0 Å². The molecule has 0 radical (unpaired) electrons. The highest BCUT2D eigenvalue weighted by atomic mass is 35.5. The van der Waals surface area contributed by atoms with Crippen LogP contribution in [0.5, 0.6) is 0 Å². The molecule has 0 saturated carbocycles. The first-order valence-corrected chi connectivity index (χ1v) is 7.04. The smallest absolute Gasteiger partial charge is 0.147 e. The van der Waals surface area contributed by atoms with Crippen molar-refractivity contribution in [2.75, 3.05) is 18.5 Å². The summed E-state index contributed by atoms with van der Waals surface area (Å²) in [5, 5.41) is 4.02. The summed E-state index contributed by atoms with van der Waals surface area (Å²) in [7, 11) is 1.99. The van der Waals surface area contributed by atoms with Gasteiger partial charge in [-0.2, -0.15) is 0 Å².